The molecule has 1 fully saturated rings. The molecule has 1 saturated heterocycles. The van der Waals surface area contributed by atoms with Crippen molar-refractivity contribution in [2.24, 2.45) is 0 Å². The number of ether oxygens (including phenoxy) is 1. The summed E-state index contributed by atoms with van der Waals surface area (Å²) in [5, 5.41) is 3.22. The van der Waals surface area contributed by atoms with Gasteiger partial charge in [0.05, 0.1) is 18.7 Å². The fourth-order valence-corrected chi connectivity index (χ4v) is 4.46. The van der Waals surface area contributed by atoms with Crippen molar-refractivity contribution in [2.75, 3.05) is 23.4 Å². The lowest BCUT2D eigenvalue weighted by atomic mass is 10.1. The number of carbonyl (C=O) groups excluding carboxylic acids is 2. The summed E-state index contributed by atoms with van der Waals surface area (Å²) in [6, 6.07) is 21.8. The summed E-state index contributed by atoms with van der Waals surface area (Å²) in [4.78, 5) is 29.7. The summed E-state index contributed by atoms with van der Waals surface area (Å²) in [5.41, 5.74) is 2.19. The van der Waals surface area contributed by atoms with E-state index in [0.717, 1.165) is 17.7 Å². The highest BCUT2D eigenvalue weighted by Crippen LogP contribution is 2.28. The van der Waals surface area contributed by atoms with Crippen molar-refractivity contribution in [1.29, 1.82) is 0 Å². The molecular formula is C28H28FN3O3S. The van der Waals surface area contributed by atoms with Crippen LogP contribution in [0.1, 0.15) is 25.3 Å². The van der Waals surface area contributed by atoms with Crippen LogP contribution in [0.3, 0.4) is 0 Å². The monoisotopic (exact) mass is 505 g/mol. The van der Waals surface area contributed by atoms with E-state index >= 15 is 0 Å². The average molecular weight is 506 g/mol. The van der Waals surface area contributed by atoms with Gasteiger partial charge in [0.15, 0.2) is 5.11 Å². The van der Waals surface area contributed by atoms with Crippen LogP contribution in [0.25, 0.3) is 0 Å². The van der Waals surface area contributed by atoms with Gasteiger partial charge in [-0.1, -0.05) is 37.3 Å². The third kappa shape index (κ3) is 6.07. The topological polar surface area (TPSA) is 61.9 Å². The second-order valence-corrected chi connectivity index (χ2v) is 8.87. The van der Waals surface area contributed by atoms with Crippen LogP contribution in [0, 0.1) is 5.82 Å². The van der Waals surface area contributed by atoms with Gasteiger partial charge >= 0.3 is 0 Å². The third-order valence-corrected chi connectivity index (χ3v) is 6.29. The molecule has 4 rings (SSSR count). The third-order valence-electron chi connectivity index (χ3n) is 5.88. The van der Waals surface area contributed by atoms with Crippen LogP contribution >= 0.6 is 12.2 Å². The van der Waals surface area contributed by atoms with Gasteiger partial charge < -0.3 is 15.0 Å². The Hall–Kier alpha value is -3.78. The summed E-state index contributed by atoms with van der Waals surface area (Å²) in [6.07, 6.45) is 1.40. The quantitative estimate of drug-likeness (QED) is 0.385. The maximum absolute atomic E-state index is 13.5. The maximum Gasteiger partial charge on any atom is 0.256 e. The van der Waals surface area contributed by atoms with Crippen LogP contribution in [-0.4, -0.2) is 41.0 Å². The Bertz CT molecular complexity index is 1200. The van der Waals surface area contributed by atoms with E-state index in [9.17, 15) is 14.0 Å². The summed E-state index contributed by atoms with van der Waals surface area (Å²) in [6.45, 7) is 3.08. The molecule has 0 spiro atoms. The molecule has 0 aromatic heterocycles. The van der Waals surface area contributed by atoms with E-state index in [1.54, 1.807) is 41.3 Å². The summed E-state index contributed by atoms with van der Waals surface area (Å²) in [7, 11) is 0. The number of hydrogen-bond donors (Lipinski definition) is 1. The highest BCUT2D eigenvalue weighted by Gasteiger charge is 2.43. The van der Waals surface area contributed by atoms with Crippen LogP contribution in [0.4, 0.5) is 15.8 Å². The van der Waals surface area contributed by atoms with Crippen molar-refractivity contribution in [3.8, 4) is 5.75 Å². The van der Waals surface area contributed by atoms with E-state index in [0.29, 0.717) is 36.1 Å². The summed E-state index contributed by atoms with van der Waals surface area (Å²) < 4.78 is 18.9. The zero-order valence-corrected chi connectivity index (χ0v) is 20.8. The van der Waals surface area contributed by atoms with Crippen LogP contribution < -0.4 is 15.0 Å². The number of rotatable bonds is 10. The molecule has 0 bridgehead atoms. The molecule has 0 saturated carbocycles. The van der Waals surface area contributed by atoms with E-state index in [1.807, 2.05) is 37.3 Å². The molecule has 1 aliphatic rings. The van der Waals surface area contributed by atoms with Gasteiger partial charge in [0.1, 0.15) is 17.6 Å². The zero-order valence-electron chi connectivity index (χ0n) is 20.0. The molecular weight excluding hydrogens is 477 g/mol. The lowest BCUT2D eigenvalue weighted by molar-refractivity contribution is -0.124. The molecule has 0 aliphatic carbocycles. The van der Waals surface area contributed by atoms with Crippen molar-refractivity contribution < 1.29 is 18.7 Å². The second kappa shape index (κ2) is 11.8. The Balaban J connectivity index is 1.48. The highest BCUT2D eigenvalue weighted by atomic mass is 32.1. The first-order valence-electron chi connectivity index (χ1n) is 11.9. The number of nitrogens with one attached hydrogen (secondary N) is 1. The van der Waals surface area contributed by atoms with Gasteiger partial charge in [-0.3, -0.25) is 14.5 Å². The number of amides is 2. The number of carbonyl (C=O) groups is 2. The maximum atomic E-state index is 13.5. The Kier molecular flexibility index (Phi) is 8.28. The first kappa shape index (κ1) is 25.3. The number of hydrogen-bond acceptors (Lipinski definition) is 4. The minimum atomic E-state index is -0.745. The van der Waals surface area contributed by atoms with E-state index in [-0.39, 0.29) is 24.1 Å². The molecule has 6 nitrogen and oxygen atoms in total. The molecule has 186 valence electrons. The molecule has 36 heavy (non-hydrogen) atoms. The van der Waals surface area contributed by atoms with Gasteiger partial charge in [-0.2, -0.15) is 0 Å². The highest BCUT2D eigenvalue weighted by molar-refractivity contribution is 7.80. The van der Waals surface area contributed by atoms with Gasteiger partial charge in [0.25, 0.3) is 5.91 Å². The van der Waals surface area contributed by atoms with Gasteiger partial charge in [-0.05, 0) is 79.2 Å². The minimum absolute atomic E-state index is 0.0557. The van der Waals surface area contributed by atoms with E-state index in [4.69, 9.17) is 17.0 Å². The normalized spacial score (nSPS) is 15.3. The van der Waals surface area contributed by atoms with E-state index in [2.05, 4.69) is 5.32 Å². The van der Waals surface area contributed by atoms with Crippen molar-refractivity contribution in [1.82, 2.24) is 4.90 Å². The molecule has 3 aromatic carbocycles. The number of nitrogens with zero attached hydrogens (tertiary/aromatic N) is 2. The smallest absolute Gasteiger partial charge is 0.256 e. The molecule has 1 unspecified atom stereocenters. The molecule has 8 heteroatoms. The van der Waals surface area contributed by atoms with Gasteiger partial charge in [0.2, 0.25) is 5.91 Å². The van der Waals surface area contributed by atoms with Crippen LogP contribution in [0.2, 0.25) is 0 Å². The number of benzene rings is 3. The molecule has 2 amide bonds. The fraction of sp³-hybridized carbons (Fsp3) is 0.250. The summed E-state index contributed by atoms with van der Waals surface area (Å²) >= 11 is 5.69. The molecule has 1 heterocycles. The lowest BCUT2D eigenvalue weighted by Crippen LogP contribution is -2.39. The van der Waals surface area contributed by atoms with Crippen LogP contribution in [0.5, 0.6) is 5.75 Å². The zero-order chi connectivity index (χ0) is 25.5. The van der Waals surface area contributed by atoms with Gasteiger partial charge in [0, 0.05) is 12.2 Å². The number of halogens is 1. The summed E-state index contributed by atoms with van der Waals surface area (Å²) in [5.74, 6) is -0.110. The Morgan fingerprint density at radius 3 is 2.39 bits per heavy atom. The fourth-order valence-electron chi connectivity index (χ4n) is 4.04. The molecule has 1 atom stereocenters. The minimum Gasteiger partial charge on any atom is -0.494 e. The molecule has 1 aliphatic heterocycles. The van der Waals surface area contributed by atoms with Crippen molar-refractivity contribution in [3.63, 3.8) is 0 Å². The SMILES string of the molecule is CCCOc1ccc(NC(=O)CC2C(=O)N(c3ccccc3)C(=S)N2CCc2ccc(F)cc2)cc1. The Labute approximate surface area is 215 Å². The van der Waals surface area contributed by atoms with Crippen molar-refractivity contribution in [2.45, 2.75) is 32.2 Å². The van der Waals surface area contributed by atoms with Gasteiger partial charge in [-0.25, -0.2) is 4.39 Å². The second-order valence-electron chi connectivity index (χ2n) is 8.50. The standard InChI is InChI=1S/C28H28FN3O3S/c1-2-18-35-24-14-12-22(13-15-24)30-26(33)19-25-27(34)32(23-6-4-3-5-7-23)28(36)31(25)17-16-20-8-10-21(29)11-9-20/h3-15,25H,2,16-19H2,1H3,(H,30,33). The van der Waals surface area contributed by atoms with Crippen molar-refractivity contribution in [3.05, 3.63) is 90.2 Å². The number of para-hydroxylation sites is 1. The Morgan fingerprint density at radius 2 is 1.72 bits per heavy atom. The van der Waals surface area contributed by atoms with Crippen molar-refractivity contribution >= 4 is 40.5 Å². The molecule has 1 N–H and O–H groups in total. The number of thiocarbonyl (C=S) groups is 1. The first-order chi connectivity index (χ1) is 17.5. The largest absolute Gasteiger partial charge is 0.494 e. The predicted molar refractivity (Wildman–Crippen MR) is 143 cm³/mol. The molecule has 0 radical (unpaired) electrons. The Morgan fingerprint density at radius 1 is 1.03 bits per heavy atom. The number of anilines is 2. The van der Waals surface area contributed by atoms with Crippen LogP contribution in [-0.2, 0) is 16.0 Å². The average Bonchev–Trinajstić information content (AvgIpc) is 3.12. The van der Waals surface area contributed by atoms with E-state index < -0.39 is 6.04 Å². The van der Waals surface area contributed by atoms with E-state index in [1.165, 1.54) is 17.0 Å². The van der Waals surface area contributed by atoms with Gasteiger partial charge in [-0.15, -0.1) is 0 Å². The lowest BCUT2D eigenvalue weighted by Gasteiger charge is -2.24. The van der Waals surface area contributed by atoms with Crippen LogP contribution in [0.15, 0.2) is 78.9 Å². The predicted octanol–water partition coefficient (Wildman–Crippen LogP) is 5.19. The first-order valence-corrected chi connectivity index (χ1v) is 12.3. The molecule has 3 aromatic rings.